The molecule has 0 aliphatic heterocycles. The Balaban J connectivity index is 0.00000132. The van der Waals surface area contributed by atoms with Crippen molar-refractivity contribution in [2.45, 2.75) is 0 Å². The molecular weight excluding hydrogens is 278 g/mol. The van der Waals surface area contributed by atoms with Crippen molar-refractivity contribution in [1.82, 2.24) is 0 Å². The van der Waals surface area contributed by atoms with E-state index >= 15 is 0 Å². The van der Waals surface area contributed by atoms with E-state index in [1.807, 2.05) is 36.4 Å². The van der Waals surface area contributed by atoms with Crippen LogP contribution in [0.15, 0.2) is 71.1 Å². The normalized spacial score (nSPS) is 10.7. The molecule has 3 aromatic carbocycles. The first kappa shape index (κ1) is 13.6. The summed E-state index contributed by atoms with van der Waals surface area (Å²) in [6.07, 6.45) is 0. The van der Waals surface area contributed by atoms with Crippen molar-refractivity contribution in [2.24, 2.45) is 0 Å². The molecule has 3 heteroatoms. The fourth-order valence-corrected chi connectivity index (χ4v) is 2.68. The van der Waals surface area contributed by atoms with Crippen molar-refractivity contribution in [2.75, 3.05) is 5.73 Å². The second-order valence-electron chi connectivity index (χ2n) is 4.91. The van der Waals surface area contributed by atoms with Crippen LogP contribution >= 0.6 is 13.5 Å². The van der Waals surface area contributed by atoms with E-state index in [4.69, 9.17) is 10.2 Å². The summed E-state index contributed by atoms with van der Waals surface area (Å²) < 4.78 is 6.04. The number of para-hydroxylation sites is 2. The van der Waals surface area contributed by atoms with E-state index in [0.717, 1.165) is 38.8 Å². The van der Waals surface area contributed by atoms with E-state index in [0.29, 0.717) is 0 Å². The van der Waals surface area contributed by atoms with E-state index in [-0.39, 0.29) is 13.5 Å². The smallest absolute Gasteiger partial charge is 0.143 e. The lowest BCUT2D eigenvalue weighted by Gasteiger charge is -2.03. The minimum absolute atomic E-state index is 0. The third-order valence-electron chi connectivity index (χ3n) is 3.60. The van der Waals surface area contributed by atoms with Crippen LogP contribution in [0.1, 0.15) is 0 Å². The molecule has 1 heterocycles. The Bertz CT molecular complexity index is 927. The molecule has 0 fully saturated rings. The van der Waals surface area contributed by atoms with Gasteiger partial charge >= 0.3 is 0 Å². The number of furan rings is 1. The van der Waals surface area contributed by atoms with Gasteiger partial charge in [-0.1, -0.05) is 48.5 Å². The Labute approximate surface area is 129 Å². The van der Waals surface area contributed by atoms with Gasteiger partial charge in [0.25, 0.3) is 0 Å². The lowest BCUT2D eigenvalue weighted by molar-refractivity contribution is 0.670. The third-order valence-corrected chi connectivity index (χ3v) is 3.60. The number of rotatable bonds is 1. The summed E-state index contributed by atoms with van der Waals surface area (Å²) in [5, 5.41) is 2.29. The number of nitrogens with two attached hydrogens (primary N) is 1. The predicted molar refractivity (Wildman–Crippen MR) is 93.9 cm³/mol. The van der Waals surface area contributed by atoms with Crippen LogP contribution in [0.5, 0.6) is 0 Å². The monoisotopic (exact) mass is 293 g/mol. The number of anilines is 1. The highest BCUT2D eigenvalue weighted by molar-refractivity contribution is 7.59. The third kappa shape index (κ3) is 2.16. The number of benzene rings is 3. The summed E-state index contributed by atoms with van der Waals surface area (Å²) in [5.41, 5.74) is 10.6. The van der Waals surface area contributed by atoms with Crippen LogP contribution in [0, 0.1) is 0 Å². The van der Waals surface area contributed by atoms with Gasteiger partial charge in [0.05, 0.1) is 0 Å². The summed E-state index contributed by atoms with van der Waals surface area (Å²) >= 11 is 0. The van der Waals surface area contributed by atoms with Crippen molar-refractivity contribution < 1.29 is 4.42 Å². The largest absolute Gasteiger partial charge is 0.455 e. The Morgan fingerprint density at radius 1 is 0.762 bits per heavy atom. The number of fused-ring (bicyclic) bond motifs is 3. The van der Waals surface area contributed by atoms with Crippen molar-refractivity contribution in [1.29, 1.82) is 0 Å². The highest BCUT2D eigenvalue weighted by Crippen LogP contribution is 2.35. The Hall–Kier alpha value is -2.39. The molecule has 0 aliphatic rings. The van der Waals surface area contributed by atoms with Gasteiger partial charge in [0.2, 0.25) is 0 Å². The average molecular weight is 293 g/mol. The van der Waals surface area contributed by atoms with Crippen molar-refractivity contribution >= 4 is 41.1 Å². The first-order valence-corrected chi connectivity index (χ1v) is 6.59. The molecule has 104 valence electrons. The maximum atomic E-state index is 6.04. The second-order valence-corrected chi connectivity index (χ2v) is 4.91. The molecule has 0 spiro atoms. The van der Waals surface area contributed by atoms with Crippen LogP contribution in [-0.4, -0.2) is 0 Å². The maximum Gasteiger partial charge on any atom is 0.143 e. The Morgan fingerprint density at radius 2 is 1.52 bits per heavy atom. The van der Waals surface area contributed by atoms with Gasteiger partial charge < -0.3 is 10.2 Å². The van der Waals surface area contributed by atoms with E-state index in [1.165, 1.54) is 0 Å². The van der Waals surface area contributed by atoms with Gasteiger partial charge in [0.15, 0.2) is 0 Å². The molecule has 0 radical (unpaired) electrons. The van der Waals surface area contributed by atoms with Crippen molar-refractivity contribution in [3.63, 3.8) is 0 Å². The fourth-order valence-electron chi connectivity index (χ4n) is 2.68. The lowest BCUT2D eigenvalue weighted by atomic mass is 10.0. The van der Waals surface area contributed by atoms with Crippen LogP contribution in [0.3, 0.4) is 0 Å². The van der Waals surface area contributed by atoms with Crippen molar-refractivity contribution in [3.8, 4) is 11.1 Å². The summed E-state index contributed by atoms with van der Waals surface area (Å²) in [5.74, 6) is 0. The van der Waals surface area contributed by atoms with Crippen molar-refractivity contribution in [3.05, 3.63) is 66.7 Å². The lowest BCUT2D eigenvalue weighted by Crippen LogP contribution is -1.85. The second kappa shape index (κ2) is 5.19. The molecule has 0 saturated heterocycles. The first-order valence-electron chi connectivity index (χ1n) is 6.59. The summed E-state index contributed by atoms with van der Waals surface area (Å²) in [7, 11) is 0. The Morgan fingerprint density at radius 3 is 2.38 bits per heavy atom. The summed E-state index contributed by atoms with van der Waals surface area (Å²) in [6, 6.07) is 22.2. The zero-order valence-corrected chi connectivity index (χ0v) is 12.3. The van der Waals surface area contributed by atoms with Crippen LogP contribution in [0.4, 0.5) is 5.69 Å². The Kier molecular flexibility index (Phi) is 3.35. The van der Waals surface area contributed by atoms with Crippen LogP contribution in [0.2, 0.25) is 0 Å². The number of nitrogen functional groups attached to an aromatic ring is 1. The van der Waals surface area contributed by atoms with Gasteiger partial charge in [0.1, 0.15) is 11.2 Å². The minimum Gasteiger partial charge on any atom is -0.455 e. The number of hydrogen-bond acceptors (Lipinski definition) is 2. The number of hydrogen-bond donors (Lipinski definition) is 1. The standard InChI is InChI=1S/C18H13NO.H2S/c19-13-6-3-5-12(11-13)14-8-4-9-16-15-7-1-2-10-17(15)20-18(14)16;/h1-11H,19H2;1H2. The molecule has 0 saturated carbocycles. The molecule has 0 bridgehead atoms. The van der Waals surface area contributed by atoms with Crippen LogP contribution in [-0.2, 0) is 0 Å². The molecule has 0 atom stereocenters. The average Bonchev–Trinajstić information content (AvgIpc) is 2.86. The first-order chi connectivity index (χ1) is 9.83. The van der Waals surface area contributed by atoms with Gasteiger partial charge in [-0.25, -0.2) is 0 Å². The highest BCUT2D eigenvalue weighted by atomic mass is 32.1. The van der Waals surface area contributed by atoms with Gasteiger partial charge in [-0.3, -0.25) is 0 Å². The van der Waals surface area contributed by atoms with E-state index < -0.39 is 0 Å². The zero-order valence-electron chi connectivity index (χ0n) is 11.3. The SMILES string of the molecule is Nc1cccc(-c2cccc3c2oc2ccccc23)c1.S. The van der Waals surface area contributed by atoms with E-state index in [2.05, 4.69) is 30.3 Å². The maximum absolute atomic E-state index is 6.04. The molecule has 0 unspecified atom stereocenters. The molecule has 2 nitrogen and oxygen atoms in total. The van der Waals surface area contributed by atoms with Gasteiger partial charge in [-0.15, -0.1) is 0 Å². The molecule has 0 aliphatic carbocycles. The van der Waals surface area contributed by atoms with Crippen LogP contribution in [0.25, 0.3) is 33.1 Å². The predicted octanol–water partition coefficient (Wildman–Crippen LogP) is 4.95. The molecular formula is C18H15NOS. The molecule has 4 aromatic rings. The van der Waals surface area contributed by atoms with E-state index in [9.17, 15) is 0 Å². The van der Waals surface area contributed by atoms with E-state index in [1.54, 1.807) is 0 Å². The molecule has 0 amide bonds. The van der Waals surface area contributed by atoms with Crippen LogP contribution < -0.4 is 5.73 Å². The molecule has 4 rings (SSSR count). The summed E-state index contributed by atoms with van der Waals surface area (Å²) in [4.78, 5) is 0. The molecule has 2 N–H and O–H groups in total. The van der Waals surface area contributed by atoms with Gasteiger partial charge in [-0.2, -0.15) is 13.5 Å². The topological polar surface area (TPSA) is 39.2 Å². The minimum atomic E-state index is 0. The van der Waals surface area contributed by atoms with Gasteiger partial charge in [0, 0.05) is 22.0 Å². The highest BCUT2D eigenvalue weighted by Gasteiger charge is 2.11. The fraction of sp³-hybridized carbons (Fsp3) is 0. The molecule has 21 heavy (non-hydrogen) atoms. The zero-order chi connectivity index (χ0) is 13.5. The summed E-state index contributed by atoms with van der Waals surface area (Å²) in [6.45, 7) is 0. The molecule has 1 aromatic heterocycles. The van der Waals surface area contributed by atoms with Gasteiger partial charge in [-0.05, 0) is 23.8 Å². The quantitative estimate of drug-likeness (QED) is 0.504.